The summed E-state index contributed by atoms with van der Waals surface area (Å²) in [7, 11) is -3.70. The fourth-order valence-electron chi connectivity index (χ4n) is 1.34. The Morgan fingerprint density at radius 2 is 2.00 bits per heavy atom. The van der Waals surface area contributed by atoms with E-state index in [9.17, 15) is 8.42 Å². The van der Waals surface area contributed by atoms with Gasteiger partial charge in [-0.3, -0.25) is 0 Å². The van der Waals surface area contributed by atoms with E-state index in [0.29, 0.717) is 11.3 Å². The van der Waals surface area contributed by atoms with Gasteiger partial charge in [-0.25, -0.2) is 13.6 Å². The van der Waals surface area contributed by atoms with Gasteiger partial charge in [0, 0.05) is 10.6 Å². The average Bonchev–Trinajstić information content (AvgIpc) is 2.17. The molecule has 0 saturated carbocycles. The van der Waals surface area contributed by atoms with Crippen molar-refractivity contribution in [3.8, 4) is 0 Å². The number of sulfonamides is 1. The summed E-state index contributed by atoms with van der Waals surface area (Å²) in [5.74, 6) is 0.925. The molecule has 1 rings (SSSR count). The van der Waals surface area contributed by atoms with Gasteiger partial charge < -0.3 is 5.73 Å². The second kappa shape index (κ2) is 5.07. The third-order valence-corrected chi connectivity index (χ3v) is 4.49. The second-order valence-electron chi connectivity index (χ2n) is 3.54. The van der Waals surface area contributed by atoms with Gasteiger partial charge in [0.25, 0.3) is 0 Å². The van der Waals surface area contributed by atoms with Crippen molar-refractivity contribution in [2.75, 3.05) is 11.5 Å². The SMILES string of the molecule is CCCSc1cc(N)cc(S(N)(=O)=O)c1C. The summed E-state index contributed by atoms with van der Waals surface area (Å²) in [5.41, 5.74) is 6.76. The lowest BCUT2D eigenvalue weighted by molar-refractivity contribution is 0.597. The molecule has 0 amide bonds. The number of hydrogen-bond acceptors (Lipinski definition) is 4. The highest BCUT2D eigenvalue weighted by molar-refractivity contribution is 7.99. The molecule has 0 unspecified atom stereocenters. The van der Waals surface area contributed by atoms with E-state index in [-0.39, 0.29) is 4.90 Å². The van der Waals surface area contributed by atoms with Crippen molar-refractivity contribution in [2.24, 2.45) is 5.14 Å². The predicted octanol–water partition coefficient (Wildman–Crippen LogP) is 1.73. The Bertz CT molecular complexity index is 484. The van der Waals surface area contributed by atoms with Crippen LogP contribution in [0.3, 0.4) is 0 Å². The Kier molecular flexibility index (Phi) is 4.23. The Balaban J connectivity index is 3.27. The van der Waals surface area contributed by atoms with Crippen molar-refractivity contribution >= 4 is 27.5 Å². The van der Waals surface area contributed by atoms with E-state index < -0.39 is 10.0 Å². The van der Waals surface area contributed by atoms with Gasteiger partial charge in [-0.2, -0.15) is 0 Å². The summed E-state index contributed by atoms with van der Waals surface area (Å²) < 4.78 is 22.7. The molecular formula is C10H16N2O2S2. The molecule has 90 valence electrons. The highest BCUT2D eigenvalue weighted by atomic mass is 32.2. The van der Waals surface area contributed by atoms with Crippen LogP contribution in [0.4, 0.5) is 5.69 Å². The molecule has 0 fully saturated rings. The van der Waals surface area contributed by atoms with Crippen LogP contribution >= 0.6 is 11.8 Å². The smallest absolute Gasteiger partial charge is 0.238 e. The van der Waals surface area contributed by atoms with Crippen LogP contribution in [0.15, 0.2) is 21.9 Å². The molecule has 0 spiro atoms. The first-order chi connectivity index (χ1) is 7.36. The summed E-state index contributed by atoms with van der Waals surface area (Å²) in [6, 6.07) is 3.19. The number of anilines is 1. The summed E-state index contributed by atoms with van der Waals surface area (Å²) in [5, 5.41) is 5.13. The summed E-state index contributed by atoms with van der Waals surface area (Å²) in [4.78, 5) is 0.997. The van der Waals surface area contributed by atoms with Crippen LogP contribution in [0, 0.1) is 6.92 Å². The first-order valence-electron chi connectivity index (χ1n) is 4.92. The number of rotatable bonds is 4. The summed E-state index contributed by atoms with van der Waals surface area (Å²) >= 11 is 1.59. The van der Waals surface area contributed by atoms with E-state index in [1.165, 1.54) is 6.07 Å². The molecule has 0 aromatic heterocycles. The van der Waals surface area contributed by atoms with Gasteiger partial charge in [-0.05, 0) is 36.8 Å². The third-order valence-electron chi connectivity index (χ3n) is 2.10. The quantitative estimate of drug-likeness (QED) is 0.637. The first kappa shape index (κ1) is 13.3. The van der Waals surface area contributed by atoms with Gasteiger partial charge in [0.05, 0.1) is 4.90 Å². The van der Waals surface area contributed by atoms with Gasteiger partial charge in [0.2, 0.25) is 10.0 Å². The van der Waals surface area contributed by atoms with E-state index in [1.54, 1.807) is 24.8 Å². The normalized spacial score (nSPS) is 11.7. The second-order valence-corrected chi connectivity index (χ2v) is 6.20. The van der Waals surface area contributed by atoms with Crippen molar-refractivity contribution in [3.05, 3.63) is 17.7 Å². The molecule has 0 bridgehead atoms. The van der Waals surface area contributed by atoms with Gasteiger partial charge in [-0.1, -0.05) is 6.92 Å². The number of primary sulfonamides is 1. The highest BCUT2D eigenvalue weighted by Crippen LogP contribution is 2.30. The van der Waals surface area contributed by atoms with Crippen LogP contribution in [-0.4, -0.2) is 14.2 Å². The maximum Gasteiger partial charge on any atom is 0.238 e. The molecule has 4 N–H and O–H groups in total. The summed E-state index contributed by atoms with van der Waals surface area (Å²) in [6.07, 6.45) is 1.02. The van der Waals surface area contributed by atoms with Gasteiger partial charge in [0.15, 0.2) is 0 Å². The molecule has 0 radical (unpaired) electrons. The minimum absolute atomic E-state index is 0.117. The molecule has 1 aromatic rings. The van der Waals surface area contributed by atoms with E-state index in [4.69, 9.17) is 10.9 Å². The van der Waals surface area contributed by atoms with Gasteiger partial charge in [-0.15, -0.1) is 11.8 Å². The number of hydrogen-bond donors (Lipinski definition) is 2. The minimum atomic E-state index is -3.70. The Hall–Kier alpha value is -0.720. The number of nitrogens with two attached hydrogens (primary N) is 2. The molecule has 0 aliphatic heterocycles. The molecule has 6 heteroatoms. The Morgan fingerprint density at radius 3 is 2.50 bits per heavy atom. The van der Waals surface area contributed by atoms with Gasteiger partial charge >= 0.3 is 0 Å². The number of benzene rings is 1. The standard InChI is InChI=1S/C10H16N2O2S2/c1-3-4-15-9-5-8(11)6-10(7(9)2)16(12,13)14/h5-6H,3-4,11H2,1-2H3,(H2,12,13,14). The molecule has 16 heavy (non-hydrogen) atoms. The molecule has 1 aromatic carbocycles. The molecule has 4 nitrogen and oxygen atoms in total. The van der Waals surface area contributed by atoms with E-state index in [2.05, 4.69) is 6.92 Å². The number of thioether (sulfide) groups is 1. The zero-order chi connectivity index (χ0) is 12.3. The maximum atomic E-state index is 11.3. The molecule has 0 aliphatic carbocycles. The fourth-order valence-corrected chi connectivity index (χ4v) is 3.21. The van der Waals surface area contributed by atoms with Crippen LogP contribution in [-0.2, 0) is 10.0 Å². The lowest BCUT2D eigenvalue weighted by Gasteiger charge is -2.10. The monoisotopic (exact) mass is 260 g/mol. The van der Waals surface area contributed by atoms with E-state index in [1.807, 2.05) is 0 Å². The zero-order valence-electron chi connectivity index (χ0n) is 9.36. The molecule has 0 saturated heterocycles. The fraction of sp³-hybridized carbons (Fsp3) is 0.400. The lowest BCUT2D eigenvalue weighted by atomic mass is 10.2. The largest absolute Gasteiger partial charge is 0.399 e. The van der Waals surface area contributed by atoms with Crippen molar-refractivity contribution < 1.29 is 8.42 Å². The Labute approximate surface area is 100 Å². The molecule has 0 aliphatic rings. The van der Waals surface area contributed by atoms with E-state index >= 15 is 0 Å². The van der Waals surface area contributed by atoms with Crippen molar-refractivity contribution in [1.82, 2.24) is 0 Å². The highest BCUT2D eigenvalue weighted by Gasteiger charge is 2.15. The molecule has 0 atom stereocenters. The zero-order valence-corrected chi connectivity index (χ0v) is 11.0. The van der Waals surface area contributed by atoms with Crippen LogP contribution < -0.4 is 10.9 Å². The molecule has 0 heterocycles. The lowest BCUT2D eigenvalue weighted by Crippen LogP contribution is -2.14. The van der Waals surface area contributed by atoms with Crippen LogP contribution in [0.25, 0.3) is 0 Å². The van der Waals surface area contributed by atoms with Gasteiger partial charge in [0.1, 0.15) is 0 Å². The number of nitrogen functional groups attached to an aromatic ring is 1. The van der Waals surface area contributed by atoms with Crippen molar-refractivity contribution in [2.45, 2.75) is 30.1 Å². The predicted molar refractivity (Wildman–Crippen MR) is 68.0 cm³/mol. The van der Waals surface area contributed by atoms with Crippen molar-refractivity contribution in [1.29, 1.82) is 0 Å². The first-order valence-corrected chi connectivity index (χ1v) is 7.45. The maximum absolute atomic E-state index is 11.3. The summed E-state index contributed by atoms with van der Waals surface area (Å²) in [6.45, 7) is 3.81. The third kappa shape index (κ3) is 3.13. The Morgan fingerprint density at radius 1 is 1.38 bits per heavy atom. The van der Waals surface area contributed by atoms with Crippen molar-refractivity contribution in [3.63, 3.8) is 0 Å². The van der Waals surface area contributed by atoms with Crippen LogP contribution in [0.1, 0.15) is 18.9 Å². The minimum Gasteiger partial charge on any atom is -0.399 e. The van der Waals surface area contributed by atoms with Crippen LogP contribution in [0.5, 0.6) is 0 Å². The average molecular weight is 260 g/mol. The molecular weight excluding hydrogens is 244 g/mol. The van der Waals surface area contributed by atoms with E-state index in [0.717, 1.165) is 17.1 Å². The topological polar surface area (TPSA) is 86.2 Å². The van der Waals surface area contributed by atoms with Crippen LogP contribution in [0.2, 0.25) is 0 Å².